The molecule has 101 heavy (non-hydrogen) atoms. The molecule has 1 aliphatic carbocycles. The summed E-state index contributed by atoms with van der Waals surface area (Å²) in [4.78, 5) is 62.9. The van der Waals surface area contributed by atoms with E-state index in [0.717, 1.165) is 219 Å². The molecule has 0 atom stereocenters. The van der Waals surface area contributed by atoms with Crippen molar-refractivity contribution in [1.29, 1.82) is 0 Å². The first-order valence-electron chi connectivity index (χ1n) is 34.6. The number of aliphatic hydroxyl groups excluding tert-OH is 1. The van der Waals surface area contributed by atoms with Crippen LogP contribution in [0.3, 0.4) is 0 Å². The van der Waals surface area contributed by atoms with Crippen molar-refractivity contribution in [1.82, 2.24) is 24.5 Å². The SMILES string of the molecule is COc1ccccc1N1CCN(Cc2ccc(Br)s2)CC1.COc1ccccc1N1CCN(Cc2ccc(C=O)s2)CC1.COc1ccccc1N1CCN(Cc2ccc(CN3CCCCC3=O)s2)CC1.COc1ccccc1N1CCN(Cc2ccc(CO)s2)CC1.O=CC1=CC=C(Br)C1. The molecule has 14 rings (SSSR count). The molecule has 23 heteroatoms. The van der Waals surface area contributed by atoms with Gasteiger partial charge >= 0.3 is 0 Å². The van der Waals surface area contributed by atoms with Crippen LogP contribution in [0.15, 0.2) is 172 Å². The summed E-state index contributed by atoms with van der Waals surface area (Å²) in [5.74, 6) is 4.11. The summed E-state index contributed by atoms with van der Waals surface area (Å²) in [5.41, 5.74) is 5.59. The van der Waals surface area contributed by atoms with Crippen molar-refractivity contribution in [2.75, 3.05) is 159 Å². The molecule has 0 saturated carbocycles. The van der Waals surface area contributed by atoms with Gasteiger partial charge in [0.1, 0.15) is 29.3 Å². The minimum atomic E-state index is 0.145. The fourth-order valence-electron chi connectivity index (χ4n) is 13.0. The number of rotatable bonds is 21. The Hall–Kier alpha value is -6.87. The zero-order valence-corrected chi connectivity index (χ0v) is 64.9. The Balaban J connectivity index is 0.000000141. The van der Waals surface area contributed by atoms with E-state index in [1.165, 1.54) is 50.9 Å². The molecule has 5 aliphatic heterocycles. The number of hydrogen-bond acceptors (Lipinski definition) is 20. The largest absolute Gasteiger partial charge is 0.495 e. The first-order valence-corrected chi connectivity index (χ1v) is 39.5. The van der Waals surface area contributed by atoms with Gasteiger partial charge in [-0.05, 0) is 136 Å². The second-order valence-electron chi connectivity index (χ2n) is 25.2. The Bertz CT molecular complexity index is 3920. The summed E-state index contributed by atoms with van der Waals surface area (Å²) in [6.07, 6.45) is 9.18. The van der Waals surface area contributed by atoms with Crippen LogP contribution in [0.1, 0.15) is 64.6 Å². The fraction of sp³-hybridized carbons (Fsp3) is 0.397. The molecule has 4 aromatic carbocycles. The zero-order chi connectivity index (χ0) is 70.7. The number of nitrogens with zero attached hydrogens (tertiary/aromatic N) is 9. The number of halogens is 2. The topological polar surface area (TPSA) is 138 Å². The molecular weight excluding hydrogens is 1480 g/mol. The van der Waals surface area contributed by atoms with Crippen molar-refractivity contribution >= 4 is 118 Å². The summed E-state index contributed by atoms with van der Waals surface area (Å²) in [6, 6.07) is 49.8. The number of aldehydes is 2. The van der Waals surface area contributed by atoms with Crippen LogP contribution in [-0.2, 0) is 48.9 Å². The van der Waals surface area contributed by atoms with Crippen molar-refractivity contribution in [2.24, 2.45) is 0 Å². The van der Waals surface area contributed by atoms with Crippen molar-refractivity contribution in [3.63, 3.8) is 0 Å². The van der Waals surface area contributed by atoms with Gasteiger partial charge in [0.15, 0.2) is 6.29 Å². The van der Waals surface area contributed by atoms with Crippen molar-refractivity contribution in [3.8, 4) is 23.0 Å². The lowest BCUT2D eigenvalue weighted by molar-refractivity contribution is -0.133. The minimum absolute atomic E-state index is 0.145. The normalized spacial score (nSPS) is 16.8. The molecular formula is C78H95Br2N9O8S4. The van der Waals surface area contributed by atoms with Crippen LogP contribution in [0.2, 0.25) is 0 Å². The molecule has 5 fully saturated rings. The van der Waals surface area contributed by atoms with E-state index in [9.17, 15) is 14.4 Å². The number of ether oxygens (including phenoxy) is 4. The smallest absolute Gasteiger partial charge is 0.222 e. The van der Waals surface area contributed by atoms with Crippen LogP contribution in [-0.4, -0.2) is 188 Å². The fourth-order valence-corrected chi connectivity index (χ4v) is 17.9. The van der Waals surface area contributed by atoms with E-state index in [-0.39, 0.29) is 6.61 Å². The number of piperidine rings is 1. The average molecular weight is 1570 g/mol. The number of allylic oxidation sites excluding steroid dienone is 4. The first-order chi connectivity index (χ1) is 49.4. The van der Waals surface area contributed by atoms with Gasteiger partial charge in [0, 0.05) is 180 Å². The van der Waals surface area contributed by atoms with Crippen LogP contribution in [0, 0.1) is 0 Å². The van der Waals surface area contributed by atoms with Gasteiger partial charge in [-0.1, -0.05) is 76.6 Å². The van der Waals surface area contributed by atoms with Gasteiger partial charge < -0.3 is 48.6 Å². The average Bonchev–Trinajstić information content (AvgIpc) is 1.07. The highest BCUT2D eigenvalue weighted by Gasteiger charge is 2.26. The van der Waals surface area contributed by atoms with Crippen LogP contribution in [0.5, 0.6) is 23.0 Å². The quantitative estimate of drug-likeness (QED) is 0.0682. The molecule has 0 spiro atoms. The number of piperazine rings is 4. The molecule has 0 unspecified atom stereocenters. The first kappa shape index (κ1) is 76.8. The maximum absolute atomic E-state index is 12.0. The summed E-state index contributed by atoms with van der Waals surface area (Å²) in [6.45, 7) is 22.4. The molecule has 5 saturated heterocycles. The summed E-state index contributed by atoms with van der Waals surface area (Å²) < 4.78 is 24.2. The standard InChI is InChI=1S/C22H29N3O2S.C17H22N2O2S.C17H20N2O2S.C16H19BrN2OS.C6H5BrO/c1-27-21-7-3-2-6-20(21)24-14-12-23(13-15-24)16-18-9-10-19(28-18)17-25-11-5-4-8-22(25)26;2*1-21-17-5-3-2-4-16(17)19-10-8-18(9-11-19)12-14-6-7-15(13-20)22-14;1-20-15-5-3-2-4-14(15)19-10-8-18(9-11-19)12-13-6-7-16(17)21-13;7-6-2-1-5(3-6)4-8/h2-3,6-7,9-10H,4-5,8,11-17H2,1H3;2-7,20H,8-13H2,1H3;2-7,13H,8-12H2,1H3;2-7H,8-12H2,1H3;1-2,4H,3H2. The molecule has 8 aromatic rings. The van der Waals surface area contributed by atoms with Crippen molar-refractivity contribution < 1.29 is 38.4 Å². The van der Waals surface area contributed by atoms with E-state index in [0.29, 0.717) is 12.3 Å². The molecule has 538 valence electrons. The predicted octanol–water partition coefficient (Wildman–Crippen LogP) is 14.7. The summed E-state index contributed by atoms with van der Waals surface area (Å²) in [7, 11) is 6.92. The minimum Gasteiger partial charge on any atom is -0.495 e. The van der Waals surface area contributed by atoms with Gasteiger partial charge in [0.25, 0.3) is 0 Å². The van der Waals surface area contributed by atoms with Crippen LogP contribution >= 0.6 is 77.2 Å². The van der Waals surface area contributed by atoms with E-state index in [1.807, 2.05) is 100 Å². The highest BCUT2D eigenvalue weighted by atomic mass is 79.9. The number of benzene rings is 4. The monoisotopic (exact) mass is 1570 g/mol. The number of hydrogen-bond donors (Lipinski definition) is 1. The van der Waals surface area contributed by atoms with Crippen LogP contribution < -0.4 is 38.5 Å². The molecule has 4 aromatic heterocycles. The third-order valence-electron chi connectivity index (χ3n) is 18.5. The number of amides is 1. The maximum atomic E-state index is 12.0. The summed E-state index contributed by atoms with van der Waals surface area (Å²) in [5, 5.41) is 9.15. The third-order valence-corrected chi connectivity index (χ3v) is 23.8. The maximum Gasteiger partial charge on any atom is 0.222 e. The number of carbonyl (C=O) groups excluding carboxylic acids is 3. The molecule has 1 N–H and O–H groups in total. The molecule has 6 aliphatic rings. The van der Waals surface area contributed by atoms with E-state index in [1.54, 1.807) is 51.1 Å². The zero-order valence-electron chi connectivity index (χ0n) is 58.5. The van der Waals surface area contributed by atoms with Crippen LogP contribution in [0.25, 0.3) is 0 Å². The molecule has 9 heterocycles. The number of thiophene rings is 4. The highest BCUT2D eigenvalue weighted by Crippen LogP contribution is 2.34. The number of likely N-dealkylation sites (tertiary alicyclic amines) is 1. The highest BCUT2D eigenvalue weighted by molar-refractivity contribution is 9.11. The van der Waals surface area contributed by atoms with E-state index in [2.05, 4.69) is 156 Å². The van der Waals surface area contributed by atoms with E-state index >= 15 is 0 Å². The van der Waals surface area contributed by atoms with Gasteiger partial charge in [-0.15, -0.1) is 45.3 Å². The lowest BCUT2D eigenvalue weighted by Gasteiger charge is -2.36. The lowest BCUT2D eigenvalue weighted by Crippen LogP contribution is -2.45. The Morgan fingerprint density at radius 2 is 0.752 bits per heavy atom. The van der Waals surface area contributed by atoms with Gasteiger partial charge in [0.05, 0.1) is 73.0 Å². The second-order valence-corrected chi connectivity index (χ2v) is 32.5. The van der Waals surface area contributed by atoms with Gasteiger partial charge in [-0.3, -0.25) is 34.0 Å². The number of anilines is 4. The van der Waals surface area contributed by atoms with Crippen molar-refractivity contribution in [2.45, 2.75) is 65.0 Å². The Kier molecular flexibility index (Phi) is 30.6. The number of methoxy groups -OCH3 is 4. The molecule has 1 amide bonds. The Morgan fingerprint density at radius 3 is 1.07 bits per heavy atom. The molecule has 17 nitrogen and oxygen atoms in total. The van der Waals surface area contributed by atoms with E-state index < -0.39 is 0 Å². The second kappa shape index (κ2) is 40.3. The summed E-state index contributed by atoms with van der Waals surface area (Å²) >= 11 is 13.8. The molecule has 0 radical (unpaired) electrons. The Labute approximate surface area is 629 Å². The van der Waals surface area contributed by atoms with Gasteiger partial charge in [-0.2, -0.15) is 0 Å². The lowest BCUT2D eigenvalue weighted by atomic mass is 10.1. The third kappa shape index (κ3) is 23.1. The predicted molar refractivity (Wildman–Crippen MR) is 423 cm³/mol. The van der Waals surface area contributed by atoms with Crippen molar-refractivity contribution in [3.05, 3.63) is 206 Å². The molecule has 0 bridgehead atoms. The van der Waals surface area contributed by atoms with E-state index in [4.69, 9.17) is 24.1 Å². The Morgan fingerprint density at radius 1 is 0.396 bits per heavy atom. The van der Waals surface area contributed by atoms with Gasteiger partial charge in [0.2, 0.25) is 5.91 Å². The van der Waals surface area contributed by atoms with Gasteiger partial charge in [-0.25, -0.2) is 0 Å². The number of para-hydroxylation sites is 8. The number of aliphatic hydroxyl groups is 1. The van der Waals surface area contributed by atoms with Crippen LogP contribution in [0.4, 0.5) is 22.7 Å². The number of carbonyl (C=O) groups is 3.